The first-order chi connectivity index (χ1) is 3.30. The van der Waals surface area contributed by atoms with Gasteiger partial charge in [-0.2, -0.15) is 0 Å². The summed E-state index contributed by atoms with van der Waals surface area (Å²) in [5.41, 5.74) is 0. The Morgan fingerprint density at radius 3 is 2.71 bits per heavy atom. The van der Waals surface area contributed by atoms with Crippen LogP contribution in [-0.4, -0.2) is 17.8 Å². The molecule has 0 aromatic heterocycles. The van der Waals surface area contributed by atoms with Crippen LogP contribution >= 0.6 is 0 Å². The Bertz CT molecular complexity index is 115. The van der Waals surface area contributed by atoms with Crippen LogP contribution in [0.1, 0.15) is 6.42 Å². The lowest BCUT2D eigenvalue weighted by Gasteiger charge is -2.04. The summed E-state index contributed by atoms with van der Waals surface area (Å²) in [4.78, 5) is 1.81. The molecule has 0 aromatic carbocycles. The maximum absolute atomic E-state index is 7.12. The fourth-order valence-electron chi connectivity index (χ4n) is 0.556. The van der Waals surface area contributed by atoms with E-state index in [1.54, 1.807) is 4.90 Å². The predicted molar refractivity (Wildman–Crippen MR) is 29.2 cm³/mol. The van der Waals surface area contributed by atoms with Gasteiger partial charge in [-0.15, -0.1) is 0 Å². The van der Waals surface area contributed by atoms with Crippen LogP contribution in [0.5, 0.6) is 0 Å². The summed E-state index contributed by atoms with van der Waals surface area (Å²) in [5, 5.41) is 7.12. The van der Waals surface area contributed by atoms with Gasteiger partial charge in [0.1, 0.15) is 5.84 Å². The van der Waals surface area contributed by atoms with Crippen molar-refractivity contribution in [3.8, 4) is 0 Å². The third kappa shape index (κ3) is 0.633. The molecule has 0 spiro atoms. The van der Waals surface area contributed by atoms with Gasteiger partial charge in [-0.05, 0) is 0 Å². The summed E-state index contributed by atoms with van der Waals surface area (Å²) < 4.78 is 0. The van der Waals surface area contributed by atoms with E-state index in [9.17, 15) is 0 Å². The van der Waals surface area contributed by atoms with E-state index in [0.29, 0.717) is 5.84 Å². The lowest BCUT2D eigenvalue weighted by atomic mass is 10.4. The molecule has 0 saturated carbocycles. The van der Waals surface area contributed by atoms with Gasteiger partial charge in [-0.3, -0.25) is 5.41 Å². The van der Waals surface area contributed by atoms with E-state index in [0.717, 1.165) is 6.42 Å². The minimum absolute atomic E-state index is 0.681. The summed E-state index contributed by atoms with van der Waals surface area (Å²) in [6.07, 6.45) is 4.68. The van der Waals surface area contributed by atoms with E-state index in [-0.39, 0.29) is 0 Å². The molecule has 0 amide bonds. The van der Waals surface area contributed by atoms with Gasteiger partial charge in [0.25, 0.3) is 0 Å². The lowest BCUT2D eigenvalue weighted by Crippen LogP contribution is -2.13. The smallest absolute Gasteiger partial charge is 0.103 e. The van der Waals surface area contributed by atoms with Crippen molar-refractivity contribution in [3.63, 3.8) is 0 Å². The molecule has 0 unspecified atom stereocenters. The number of rotatable bonds is 0. The van der Waals surface area contributed by atoms with Crippen molar-refractivity contribution in [2.75, 3.05) is 7.05 Å². The Morgan fingerprint density at radius 1 is 1.86 bits per heavy atom. The molecule has 0 fully saturated rings. The van der Waals surface area contributed by atoms with E-state index in [1.807, 2.05) is 19.3 Å². The highest BCUT2D eigenvalue weighted by Crippen LogP contribution is 2.01. The summed E-state index contributed by atoms with van der Waals surface area (Å²) in [6.45, 7) is 0. The highest BCUT2D eigenvalue weighted by molar-refractivity contribution is 5.83. The van der Waals surface area contributed by atoms with Crippen molar-refractivity contribution in [3.05, 3.63) is 12.3 Å². The zero-order valence-electron chi connectivity index (χ0n) is 4.31. The van der Waals surface area contributed by atoms with Gasteiger partial charge < -0.3 is 4.90 Å². The number of hydrogen-bond donors (Lipinski definition) is 1. The summed E-state index contributed by atoms with van der Waals surface area (Å²) in [6, 6.07) is 0. The van der Waals surface area contributed by atoms with Crippen LogP contribution in [0.25, 0.3) is 0 Å². The number of amidine groups is 1. The minimum atomic E-state index is 0.681. The summed E-state index contributed by atoms with van der Waals surface area (Å²) >= 11 is 0. The van der Waals surface area contributed by atoms with Crippen molar-refractivity contribution in [1.82, 2.24) is 4.90 Å². The number of nitrogens with zero attached hydrogens (tertiary/aromatic N) is 1. The largest absolute Gasteiger partial charge is 0.340 e. The van der Waals surface area contributed by atoms with Gasteiger partial charge in [0.15, 0.2) is 0 Å². The highest BCUT2D eigenvalue weighted by Gasteiger charge is 2.02. The molecule has 0 bridgehead atoms. The fraction of sp³-hybridized carbons (Fsp3) is 0.400. The number of nitrogens with one attached hydrogen (secondary N) is 1. The second kappa shape index (κ2) is 1.37. The summed E-state index contributed by atoms with van der Waals surface area (Å²) in [7, 11) is 1.88. The molecule has 38 valence electrons. The average Bonchev–Trinajstić information content (AvgIpc) is 1.91. The maximum Gasteiger partial charge on any atom is 0.103 e. The van der Waals surface area contributed by atoms with Crippen LogP contribution in [0.15, 0.2) is 12.3 Å². The van der Waals surface area contributed by atoms with E-state index in [4.69, 9.17) is 5.41 Å². The molecule has 1 rings (SSSR count). The highest BCUT2D eigenvalue weighted by atomic mass is 15.1. The molecule has 0 aromatic rings. The standard InChI is InChI=1S/C5H8N2/c1-7-4-2-3-5(7)6/h2,4,6H,3H2,1H3. The van der Waals surface area contributed by atoms with E-state index in [1.165, 1.54) is 0 Å². The first kappa shape index (κ1) is 4.37. The van der Waals surface area contributed by atoms with Crippen LogP contribution in [0.3, 0.4) is 0 Å². The SMILES string of the molecule is CN1C=CCC1=N. The Morgan fingerprint density at radius 2 is 2.57 bits per heavy atom. The van der Waals surface area contributed by atoms with Crippen LogP contribution in [0.4, 0.5) is 0 Å². The molecule has 1 heterocycles. The van der Waals surface area contributed by atoms with E-state index in [2.05, 4.69) is 0 Å². The first-order valence-corrected chi connectivity index (χ1v) is 2.27. The molecule has 0 radical (unpaired) electrons. The average molecular weight is 96.1 g/mol. The fourth-order valence-corrected chi connectivity index (χ4v) is 0.556. The predicted octanol–water partition coefficient (Wildman–Crippen LogP) is 0.813. The second-order valence-corrected chi connectivity index (χ2v) is 1.65. The van der Waals surface area contributed by atoms with Crippen LogP contribution in [-0.2, 0) is 0 Å². The zero-order chi connectivity index (χ0) is 5.28. The second-order valence-electron chi connectivity index (χ2n) is 1.65. The molecule has 0 atom stereocenters. The monoisotopic (exact) mass is 96.1 g/mol. The van der Waals surface area contributed by atoms with Crippen molar-refractivity contribution in [2.24, 2.45) is 0 Å². The van der Waals surface area contributed by atoms with Gasteiger partial charge in [0, 0.05) is 19.7 Å². The molecular formula is C5H8N2. The molecular weight excluding hydrogens is 88.1 g/mol. The van der Waals surface area contributed by atoms with Gasteiger partial charge >= 0.3 is 0 Å². The number of hydrogen-bond acceptors (Lipinski definition) is 1. The molecule has 2 heteroatoms. The van der Waals surface area contributed by atoms with Gasteiger partial charge in [0.2, 0.25) is 0 Å². The maximum atomic E-state index is 7.12. The van der Waals surface area contributed by atoms with Crippen molar-refractivity contribution in [2.45, 2.75) is 6.42 Å². The molecule has 0 aliphatic carbocycles. The van der Waals surface area contributed by atoms with Crippen LogP contribution < -0.4 is 0 Å². The Balaban J connectivity index is 2.62. The van der Waals surface area contributed by atoms with E-state index < -0.39 is 0 Å². The van der Waals surface area contributed by atoms with Gasteiger partial charge in [0.05, 0.1) is 0 Å². The zero-order valence-corrected chi connectivity index (χ0v) is 4.31. The normalized spacial score (nSPS) is 19.0. The molecule has 2 nitrogen and oxygen atoms in total. The van der Waals surface area contributed by atoms with E-state index >= 15 is 0 Å². The molecule has 1 aliphatic heterocycles. The molecule has 1 N–H and O–H groups in total. The van der Waals surface area contributed by atoms with Crippen LogP contribution in [0.2, 0.25) is 0 Å². The van der Waals surface area contributed by atoms with Crippen molar-refractivity contribution < 1.29 is 0 Å². The quantitative estimate of drug-likeness (QED) is 0.474. The van der Waals surface area contributed by atoms with Crippen LogP contribution in [0, 0.1) is 5.41 Å². The summed E-state index contributed by atoms with van der Waals surface area (Å²) in [5.74, 6) is 0.681. The molecule has 0 saturated heterocycles. The molecule has 7 heavy (non-hydrogen) atoms. The van der Waals surface area contributed by atoms with Gasteiger partial charge in [-0.1, -0.05) is 6.08 Å². The van der Waals surface area contributed by atoms with Crippen molar-refractivity contribution >= 4 is 5.84 Å². The Labute approximate surface area is 42.9 Å². The van der Waals surface area contributed by atoms with Crippen molar-refractivity contribution in [1.29, 1.82) is 5.41 Å². The Kier molecular flexibility index (Phi) is 0.855. The third-order valence-corrected chi connectivity index (χ3v) is 1.07. The van der Waals surface area contributed by atoms with Gasteiger partial charge in [-0.25, -0.2) is 0 Å². The minimum Gasteiger partial charge on any atom is -0.340 e. The third-order valence-electron chi connectivity index (χ3n) is 1.07. The Hall–Kier alpha value is -0.790. The molecule has 1 aliphatic rings. The topological polar surface area (TPSA) is 27.1 Å². The first-order valence-electron chi connectivity index (χ1n) is 2.27. The lowest BCUT2D eigenvalue weighted by molar-refractivity contribution is 0.693.